The quantitative estimate of drug-likeness (QED) is 0.437. The summed E-state index contributed by atoms with van der Waals surface area (Å²) in [6.07, 6.45) is 3.97. The van der Waals surface area contributed by atoms with Crippen LogP contribution in [0.2, 0.25) is 0 Å². The van der Waals surface area contributed by atoms with Crippen molar-refractivity contribution in [2.75, 3.05) is 5.32 Å². The standard InChI is InChI=1S/C23H19F2N3/c1-15(17-11-18(24)13-19(25)12-17)26-20-8-10-23-21(14-20)22(27-28-23)9-7-16-5-3-2-4-6-16/h2-15,26H,1H3,(H,27,28)/b9-7+. The van der Waals surface area contributed by atoms with Crippen molar-refractivity contribution in [1.82, 2.24) is 10.2 Å². The zero-order valence-electron chi connectivity index (χ0n) is 15.3. The van der Waals surface area contributed by atoms with Gasteiger partial charge in [-0.25, -0.2) is 8.78 Å². The topological polar surface area (TPSA) is 40.7 Å². The number of aromatic amines is 1. The Hall–Kier alpha value is -3.47. The average molecular weight is 375 g/mol. The van der Waals surface area contributed by atoms with Crippen LogP contribution < -0.4 is 5.32 Å². The smallest absolute Gasteiger partial charge is 0.126 e. The molecular formula is C23H19F2N3. The van der Waals surface area contributed by atoms with Gasteiger partial charge in [-0.3, -0.25) is 5.10 Å². The summed E-state index contributed by atoms with van der Waals surface area (Å²) < 4.78 is 27.0. The van der Waals surface area contributed by atoms with E-state index in [0.717, 1.165) is 33.9 Å². The number of H-pyrrole nitrogens is 1. The first-order chi connectivity index (χ1) is 13.6. The number of benzene rings is 3. The Kier molecular flexibility index (Phi) is 4.89. The van der Waals surface area contributed by atoms with Gasteiger partial charge in [0.15, 0.2) is 0 Å². The first-order valence-electron chi connectivity index (χ1n) is 9.02. The van der Waals surface area contributed by atoms with E-state index in [-0.39, 0.29) is 6.04 Å². The first-order valence-corrected chi connectivity index (χ1v) is 9.02. The van der Waals surface area contributed by atoms with Crippen LogP contribution in [0.15, 0.2) is 66.7 Å². The Morgan fingerprint density at radius 1 is 0.929 bits per heavy atom. The van der Waals surface area contributed by atoms with Crippen molar-refractivity contribution in [2.45, 2.75) is 13.0 Å². The number of nitrogens with zero attached hydrogens (tertiary/aromatic N) is 1. The van der Waals surface area contributed by atoms with Crippen LogP contribution in [0.3, 0.4) is 0 Å². The molecule has 140 valence electrons. The predicted octanol–water partition coefficient (Wildman–Crippen LogP) is 6.18. The summed E-state index contributed by atoms with van der Waals surface area (Å²) >= 11 is 0. The monoisotopic (exact) mass is 375 g/mol. The van der Waals surface area contributed by atoms with Gasteiger partial charge in [0.05, 0.1) is 11.2 Å². The van der Waals surface area contributed by atoms with Gasteiger partial charge < -0.3 is 5.32 Å². The lowest BCUT2D eigenvalue weighted by Gasteiger charge is -2.16. The largest absolute Gasteiger partial charge is 0.378 e. The van der Waals surface area contributed by atoms with E-state index in [1.807, 2.05) is 67.6 Å². The van der Waals surface area contributed by atoms with Crippen molar-refractivity contribution >= 4 is 28.7 Å². The Morgan fingerprint density at radius 2 is 1.68 bits per heavy atom. The second kappa shape index (κ2) is 7.64. The van der Waals surface area contributed by atoms with Gasteiger partial charge >= 0.3 is 0 Å². The molecule has 0 radical (unpaired) electrons. The van der Waals surface area contributed by atoms with E-state index in [4.69, 9.17) is 0 Å². The number of hydrogen-bond donors (Lipinski definition) is 2. The lowest BCUT2D eigenvalue weighted by atomic mass is 10.1. The minimum absolute atomic E-state index is 0.252. The normalized spacial score (nSPS) is 12.5. The number of hydrogen-bond acceptors (Lipinski definition) is 2. The molecule has 0 aliphatic heterocycles. The number of halogens is 2. The van der Waals surface area contributed by atoms with Crippen LogP contribution >= 0.6 is 0 Å². The molecule has 0 aliphatic carbocycles. The highest BCUT2D eigenvalue weighted by atomic mass is 19.1. The molecule has 0 bridgehead atoms. The van der Waals surface area contributed by atoms with Gasteiger partial charge in [0, 0.05) is 23.2 Å². The second-order valence-corrected chi connectivity index (χ2v) is 6.68. The van der Waals surface area contributed by atoms with Crippen LogP contribution in [0.25, 0.3) is 23.1 Å². The maximum atomic E-state index is 13.5. The van der Waals surface area contributed by atoms with Crippen molar-refractivity contribution in [1.29, 1.82) is 0 Å². The lowest BCUT2D eigenvalue weighted by molar-refractivity contribution is 0.577. The zero-order valence-corrected chi connectivity index (χ0v) is 15.3. The Labute approximate surface area is 161 Å². The van der Waals surface area contributed by atoms with Gasteiger partial charge in [-0.2, -0.15) is 5.10 Å². The molecule has 0 aliphatic rings. The minimum atomic E-state index is -0.581. The van der Waals surface area contributed by atoms with Gasteiger partial charge in [0.1, 0.15) is 11.6 Å². The fourth-order valence-electron chi connectivity index (χ4n) is 3.15. The number of nitrogens with one attached hydrogen (secondary N) is 2. The van der Waals surface area contributed by atoms with Gasteiger partial charge in [-0.15, -0.1) is 0 Å². The maximum Gasteiger partial charge on any atom is 0.126 e. The van der Waals surface area contributed by atoms with Crippen LogP contribution in [-0.4, -0.2) is 10.2 Å². The van der Waals surface area contributed by atoms with Crippen molar-refractivity contribution in [2.24, 2.45) is 0 Å². The predicted molar refractivity (Wildman–Crippen MR) is 110 cm³/mol. The summed E-state index contributed by atoms with van der Waals surface area (Å²) in [6.45, 7) is 1.87. The average Bonchev–Trinajstić information content (AvgIpc) is 3.09. The van der Waals surface area contributed by atoms with Gasteiger partial charge in [-0.05, 0) is 54.5 Å². The van der Waals surface area contributed by atoms with E-state index in [2.05, 4.69) is 15.5 Å². The van der Waals surface area contributed by atoms with Gasteiger partial charge in [0.25, 0.3) is 0 Å². The summed E-state index contributed by atoms with van der Waals surface area (Å²) in [6, 6.07) is 19.1. The third-order valence-corrected chi connectivity index (χ3v) is 4.59. The number of fused-ring (bicyclic) bond motifs is 1. The molecule has 1 unspecified atom stereocenters. The summed E-state index contributed by atoms with van der Waals surface area (Å²) in [5, 5.41) is 11.7. The first kappa shape index (κ1) is 17.9. The van der Waals surface area contributed by atoms with Crippen molar-refractivity contribution in [3.05, 3.63) is 95.2 Å². The Balaban J connectivity index is 1.59. The molecule has 1 atom stereocenters. The molecule has 3 nitrogen and oxygen atoms in total. The van der Waals surface area contributed by atoms with Crippen molar-refractivity contribution in [3.8, 4) is 0 Å². The molecule has 0 saturated carbocycles. The summed E-state index contributed by atoms with van der Waals surface area (Å²) in [5.41, 5.74) is 4.23. The molecule has 1 heterocycles. The molecular weight excluding hydrogens is 356 g/mol. The summed E-state index contributed by atoms with van der Waals surface area (Å²) in [7, 11) is 0. The third kappa shape index (κ3) is 3.93. The number of rotatable bonds is 5. The Bertz CT molecular complexity index is 1110. The molecule has 0 saturated heterocycles. The zero-order chi connectivity index (χ0) is 19.5. The molecule has 1 aromatic heterocycles. The van der Waals surface area contributed by atoms with Crippen LogP contribution in [0, 0.1) is 11.6 Å². The van der Waals surface area contributed by atoms with Crippen LogP contribution in [-0.2, 0) is 0 Å². The van der Waals surface area contributed by atoms with Gasteiger partial charge in [0.2, 0.25) is 0 Å². The summed E-state index contributed by atoms with van der Waals surface area (Å²) in [5.74, 6) is -1.16. The van der Waals surface area contributed by atoms with Crippen LogP contribution in [0.4, 0.5) is 14.5 Å². The van der Waals surface area contributed by atoms with Gasteiger partial charge in [-0.1, -0.05) is 36.4 Å². The number of anilines is 1. The van der Waals surface area contributed by atoms with Crippen LogP contribution in [0.1, 0.15) is 29.8 Å². The molecule has 0 spiro atoms. The summed E-state index contributed by atoms with van der Waals surface area (Å²) in [4.78, 5) is 0. The van der Waals surface area contributed by atoms with E-state index < -0.39 is 11.6 Å². The lowest BCUT2D eigenvalue weighted by Crippen LogP contribution is -2.07. The minimum Gasteiger partial charge on any atom is -0.378 e. The molecule has 28 heavy (non-hydrogen) atoms. The SMILES string of the molecule is CC(Nc1ccc2[nH]nc(/C=C/c3ccccc3)c2c1)c1cc(F)cc(F)c1. The highest BCUT2D eigenvalue weighted by molar-refractivity contribution is 5.91. The number of aromatic nitrogens is 2. The van der Waals surface area contributed by atoms with E-state index in [1.54, 1.807) is 0 Å². The fraction of sp³-hybridized carbons (Fsp3) is 0.0870. The second-order valence-electron chi connectivity index (χ2n) is 6.68. The maximum absolute atomic E-state index is 13.5. The van der Waals surface area contributed by atoms with E-state index >= 15 is 0 Å². The molecule has 4 aromatic rings. The molecule has 0 amide bonds. The molecule has 2 N–H and O–H groups in total. The van der Waals surface area contributed by atoms with Crippen molar-refractivity contribution in [3.63, 3.8) is 0 Å². The van der Waals surface area contributed by atoms with E-state index in [9.17, 15) is 8.78 Å². The van der Waals surface area contributed by atoms with Crippen LogP contribution in [0.5, 0.6) is 0 Å². The highest BCUT2D eigenvalue weighted by Gasteiger charge is 2.10. The third-order valence-electron chi connectivity index (χ3n) is 4.59. The highest BCUT2D eigenvalue weighted by Crippen LogP contribution is 2.26. The van der Waals surface area contributed by atoms with E-state index in [1.165, 1.54) is 12.1 Å². The Morgan fingerprint density at radius 3 is 2.43 bits per heavy atom. The fourth-order valence-corrected chi connectivity index (χ4v) is 3.15. The van der Waals surface area contributed by atoms with E-state index in [0.29, 0.717) is 5.56 Å². The van der Waals surface area contributed by atoms with Crippen molar-refractivity contribution < 1.29 is 8.78 Å². The molecule has 3 aromatic carbocycles. The molecule has 5 heteroatoms. The molecule has 4 rings (SSSR count). The molecule has 0 fully saturated rings.